The summed E-state index contributed by atoms with van der Waals surface area (Å²) in [6.07, 6.45) is 24.7. The first-order chi connectivity index (χ1) is 31.9. The van der Waals surface area contributed by atoms with Gasteiger partial charge in [0.25, 0.3) is 0 Å². The molecular formula is C68H76. The molecule has 0 amide bonds. The zero-order valence-corrected chi connectivity index (χ0v) is 44.3. The Labute approximate surface area is 410 Å². The van der Waals surface area contributed by atoms with Crippen molar-refractivity contribution in [2.75, 3.05) is 0 Å². The van der Waals surface area contributed by atoms with Crippen molar-refractivity contribution in [3.8, 4) is 11.1 Å². The third kappa shape index (κ3) is 7.83. The Kier molecular flexibility index (Phi) is 10.9. The van der Waals surface area contributed by atoms with Crippen molar-refractivity contribution in [1.82, 2.24) is 0 Å². The van der Waals surface area contributed by atoms with E-state index in [1.54, 1.807) is 0 Å². The van der Waals surface area contributed by atoms with Gasteiger partial charge in [-0.1, -0.05) is 226 Å². The van der Waals surface area contributed by atoms with Crippen LogP contribution in [0.1, 0.15) is 167 Å². The maximum Gasteiger partial charge on any atom is 0.00735 e. The summed E-state index contributed by atoms with van der Waals surface area (Å²) in [5, 5.41) is 5.69. The van der Waals surface area contributed by atoms with E-state index >= 15 is 0 Å². The maximum atomic E-state index is 2.64. The van der Waals surface area contributed by atoms with Crippen LogP contribution in [0.3, 0.4) is 0 Å². The molecule has 0 saturated carbocycles. The van der Waals surface area contributed by atoms with Crippen molar-refractivity contribution in [2.24, 2.45) is 34.0 Å². The van der Waals surface area contributed by atoms with Crippen LogP contribution in [0, 0.1) is 34.0 Å². The smallest absolute Gasteiger partial charge is 0.00735 e. The number of hydrogen-bond donors (Lipinski definition) is 0. The SMILES string of the molecule is CC1/C=C\c2ccc(/C3=C(C(C)(C)C)/C=C4/c5ccc(-c6ccc7c8c6ccc6cc(C(C)(C)C)cc(c68)CC7)cc5/C(=C/C(C(C)(C)C)=C\C3C)C4C)c3c2C(C)/C(=C\C(C(C)(C)C)=C/1)C=C3. The molecule has 5 aliphatic carbocycles. The average Bonchev–Trinajstić information content (AvgIpc) is 3.50. The minimum absolute atomic E-state index is 0.0595. The monoisotopic (exact) mass is 893 g/mol. The number of aryl methyl sites for hydroxylation is 2. The lowest BCUT2D eigenvalue weighted by Crippen LogP contribution is -2.18. The van der Waals surface area contributed by atoms with Gasteiger partial charge in [-0.25, -0.2) is 0 Å². The number of hydrogen-bond acceptors (Lipinski definition) is 0. The summed E-state index contributed by atoms with van der Waals surface area (Å²) >= 11 is 0. The van der Waals surface area contributed by atoms with Crippen LogP contribution in [0.2, 0.25) is 0 Å². The molecular weight excluding hydrogens is 817 g/mol. The third-order valence-electron chi connectivity index (χ3n) is 16.3. The molecule has 4 unspecified atom stereocenters. The lowest BCUT2D eigenvalue weighted by atomic mass is 9.71. The third-order valence-corrected chi connectivity index (χ3v) is 16.3. The van der Waals surface area contributed by atoms with Crippen molar-refractivity contribution in [3.05, 3.63) is 182 Å². The first kappa shape index (κ1) is 46.3. The first-order valence-electron chi connectivity index (χ1n) is 25.9. The Balaban J connectivity index is 1.19. The van der Waals surface area contributed by atoms with Gasteiger partial charge in [0.15, 0.2) is 0 Å². The number of benzene rings is 5. The van der Waals surface area contributed by atoms with Crippen LogP contribution < -0.4 is 0 Å². The van der Waals surface area contributed by atoms with Crippen LogP contribution in [0.4, 0.5) is 0 Å². The van der Waals surface area contributed by atoms with Crippen LogP contribution in [-0.4, -0.2) is 0 Å². The van der Waals surface area contributed by atoms with E-state index in [0.717, 1.165) is 12.8 Å². The van der Waals surface area contributed by atoms with E-state index in [0.29, 0.717) is 5.92 Å². The predicted octanol–water partition coefficient (Wildman–Crippen LogP) is 19.3. The number of allylic oxidation sites excluding steroid dienone is 14. The summed E-state index contributed by atoms with van der Waals surface area (Å²) in [5.41, 5.74) is 25.3. The molecule has 0 aromatic heterocycles. The van der Waals surface area contributed by atoms with Gasteiger partial charge in [0.05, 0.1) is 0 Å². The highest BCUT2D eigenvalue weighted by Gasteiger charge is 2.36. The Morgan fingerprint density at radius 1 is 0.500 bits per heavy atom. The number of fused-ring (bicyclic) bond motifs is 6. The molecule has 0 fully saturated rings. The van der Waals surface area contributed by atoms with Crippen molar-refractivity contribution in [2.45, 2.75) is 135 Å². The van der Waals surface area contributed by atoms with Gasteiger partial charge >= 0.3 is 0 Å². The van der Waals surface area contributed by atoms with Crippen LogP contribution in [-0.2, 0) is 18.3 Å². The van der Waals surface area contributed by atoms with E-state index in [1.165, 1.54) is 122 Å². The highest BCUT2D eigenvalue weighted by molar-refractivity contribution is 6.16. The summed E-state index contributed by atoms with van der Waals surface area (Å²) in [6.45, 7) is 38.3. The van der Waals surface area contributed by atoms with Gasteiger partial charge in [-0.3, -0.25) is 0 Å². The summed E-state index contributed by atoms with van der Waals surface area (Å²) in [7, 11) is 0. The molecule has 4 bridgehead atoms. The van der Waals surface area contributed by atoms with E-state index in [9.17, 15) is 0 Å². The van der Waals surface area contributed by atoms with Crippen LogP contribution in [0.15, 0.2) is 132 Å². The number of rotatable bonds is 2. The molecule has 0 radical (unpaired) electrons. The molecule has 0 spiro atoms. The molecule has 68 heavy (non-hydrogen) atoms. The zero-order valence-electron chi connectivity index (χ0n) is 44.3. The second-order valence-corrected chi connectivity index (χ2v) is 25.5. The lowest BCUT2D eigenvalue weighted by molar-refractivity contribution is 0.508. The normalized spacial score (nSPS) is 27.0. The molecule has 0 N–H and O–H groups in total. The highest BCUT2D eigenvalue weighted by atomic mass is 14.4. The molecule has 5 aliphatic rings. The van der Waals surface area contributed by atoms with Gasteiger partial charge in [0.1, 0.15) is 0 Å². The largest absolute Gasteiger partial charge is 0.0773 e. The van der Waals surface area contributed by atoms with Crippen molar-refractivity contribution in [1.29, 1.82) is 0 Å². The first-order valence-corrected chi connectivity index (χ1v) is 25.9. The van der Waals surface area contributed by atoms with Gasteiger partial charge < -0.3 is 0 Å². The predicted molar refractivity (Wildman–Crippen MR) is 299 cm³/mol. The Morgan fingerprint density at radius 3 is 1.88 bits per heavy atom. The second-order valence-electron chi connectivity index (χ2n) is 25.5. The van der Waals surface area contributed by atoms with Gasteiger partial charge in [-0.05, 0) is 168 Å². The maximum absolute atomic E-state index is 2.64. The molecule has 0 heterocycles. The van der Waals surface area contributed by atoms with Crippen LogP contribution >= 0.6 is 0 Å². The molecule has 0 aliphatic heterocycles. The van der Waals surface area contributed by atoms with Crippen molar-refractivity contribution < 1.29 is 0 Å². The quantitative estimate of drug-likeness (QED) is 0.155. The van der Waals surface area contributed by atoms with E-state index in [1.807, 2.05) is 0 Å². The Bertz CT molecular complexity index is 3230. The Morgan fingerprint density at radius 2 is 1.18 bits per heavy atom. The fraction of sp³-hybridized carbons (Fsp3) is 0.382. The summed E-state index contributed by atoms with van der Waals surface area (Å²) in [6, 6.07) is 27.0. The molecule has 4 atom stereocenters. The molecule has 5 aromatic carbocycles. The van der Waals surface area contributed by atoms with Gasteiger partial charge in [-0.15, -0.1) is 0 Å². The van der Waals surface area contributed by atoms with Gasteiger partial charge in [0, 0.05) is 17.8 Å². The van der Waals surface area contributed by atoms with Gasteiger partial charge in [0.2, 0.25) is 0 Å². The fourth-order valence-electron chi connectivity index (χ4n) is 12.2. The van der Waals surface area contributed by atoms with E-state index < -0.39 is 0 Å². The van der Waals surface area contributed by atoms with E-state index in [2.05, 4.69) is 232 Å². The average molecular weight is 893 g/mol. The Hall–Kier alpha value is -5.46. The molecule has 0 saturated heterocycles. The van der Waals surface area contributed by atoms with Crippen molar-refractivity contribution >= 4 is 50.4 Å². The molecule has 0 nitrogen and oxygen atoms in total. The molecule has 348 valence electrons. The van der Waals surface area contributed by atoms with Crippen LogP contribution in [0.25, 0.3) is 61.5 Å². The fourth-order valence-corrected chi connectivity index (χ4v) is 12.2. The van der Waals surface area contributed by atoms with Crippen molar-refractivity contribution in [3.63, 3.8) is 0 Å². The highest BCUT2D eigenvalue weighted by Crippen LogP contribution is 2.54. The zero-order chi connectivity index (χ0) is 48.6. The minimum atomic E-state index is -0.123. The topological polar surface area (TPSA) is 0 Å². The molecule has 0 heteroatoms. The second kappa shape index (κ2) is 16.1. The van der Waals surface area contributed by atoms with E-state index in [-0.39, 0.29) is 39.4 Å². The van der Waals surface area contributed by atoms with Crippen LogP contribution in [0.5, 0.6) is 0 Å². The summed E-state index contributed by atoms with van der Waals surface area (Å²) < 4.78 is 0. The standard InChI is InChI=1S/C68H76/c1-39-17-18-43-22-28-55(56-29-23-45(41(3)62(43)56)33-49(31-39)65(5,6)7)61-40(2)32-50(66(8,9)10)37-57-42(4)58(38-60(61)68(14,15)16)53-27-24-46(36-59(53)57)52-26-21-44-19-20-47-34-51(67(11,12)13)35-48-25-30-54(52)64(44)63(47)48/h17-18,21-42H,19-20H2,1-16H3/b18-17-,45-33-,49-31+,50-32+,57-37+,58-38+,61-60-. The van der Waals surface area contributed by atoms with E-state index in [4.69, 9.17) is 0 Å². The minimum Gasteiger partial charge on any atom is -0.0773 e. The van der Waals surface area contributed by atoms with Gasteiger partial charge in [-0.2, -0.15) is 0 Å². The molecule has 5 aromatic rings. The lowest BCUT2D eigenvalue weighted by Gasteiger charge is -2.34. The molecule has 10 rings (SSSR count). The summed E-state index contributed by atoms with van der Waals surface area (Å²) in [5.74, 6) is 1.01. The summed E-state index contributed by atoms with van der Waals surface area (Å²) in [4.78, 5) is 0.